The second-order valence-electron chi connectivity index (χ2n) is 7.28. The zero-order valence-electron chi connectivity index (χ0n) is 15.8. The van der Waals surface area contributed by atoms with Crippen molar-refractivity contribution < 1.29 is 19.1 Å². The molecule has 1 aromatic carbocycles. The number of amides is 2. The number of ether oxygens (including phenoxy) is 2. The Labute approximate surface area is 159 Å². The highest BCUT2D eigenvalue weighted by Crippen LogP contribution is 2.33. The first-order valence-electron chi connectivity index (χ1n) is 8.91. The predicted octanol–water partition coefficient (Wildman–Crippen LogP) is 4.32. The van der Waals surface area contributed by atoms with Crippen molar-refractivity contribution in [2.45, 2.75) is 46.1 Å². The van der Waals surface area contributed by atoms with E-state index in [1.165, 1.54) is 0 Å². The summed E-state index contributed by atoms with van der Waals surface area (Å²) in [6.07, 6.45) is 0.857. The molecule has 1 N–H and O–H groups in total. The van der Waals surface area contributed by atoms with E-state index in [1.807, 2.05) is 27.7 Å². The number of nitrogens with zero attached hydrogens (tertiary/aromatic N) is 1. The molecule has 144 valence electrons. The van der Waals surface area contributed by atoms with Crippen molar-refractivity contribution in [1.29, 1.82) is 0 Å². The topological polar surface area (TPSA) is 67.9 Å². The summed E-state index contributed by atoms with van der Waals surface area (Å²) in [6.45, 7) is 8.84. The van der Waals surface area contributed by atoms with Crippen LogP contribution in [0, 0.1) is 5.92 Å². The number of hydrogen-bond acceptors (Lipinski definition) is 4. The van der Waals surface area contributed by atoms with Crippen molar-refractivity contribution in [2.24, 2.45) is 5.92 Å². The summed E-state index contributed by atoms with van der Waals surface area (Å²) in [5.41, 5.74) is 0.0482. The number of para-hydroxylation sites is 1. The standard InChI is InChI=1S/C19H27ClN2O4/c1-5-25-16-14(20)7-6-8-15(16)21-17(23)13-9-11-22(12-10-13)18(24)26-19(2,3)4/h6-8,13H,5,9-12H2,1-4H3,(H,21,23). The lowest BCUT2D eigenvalue weighted by Gasteiger charge is -2.33. The SMILES string of the molecule is CCOc1c(Cl)cccc1NC(=O)C1CCN(C(=O)OC(C)(C)C)CC1. The third-order valence-corrected chi connectivity index (χ3v) is 4.33. The summed E-state index contributed by atoms with van der Waals surface area (Å²) in [6, 6.07) is 5.26. The van der Waals surface area contributed by atoms with Crippen molar-refractivity contribution in [3.05, 3.63) is 23.2 Å². The second-order valence-corrected chi connectivity index (χ2v) is 7.69. The van der Waals surface area contributed by atoms with Crippen LogP contribution in [0.15, 0.2) is 18.2 Å². The van der Waals surface area contributed by atoms with E-state index in [0.29, 0.717) is 49.0 Å². The lowest BCUT2D eigenvalue weighted by Crippen LogP contribution is -2.43. The van der Waals surface area contributed by atoms with Gasteiger partial charge in [-0.05, 0) is 52.7 Å². The lowest BCUT2D eigenvalue weighted by atomic mass is 9.96. The van der Waals surface area contributed by atoms with Crippen LogP contribution in [-0.2, 0) is 9.53 Å². The summed E-state index contributed by atoms with van der Waals surface area (Å²) in [5.74, 6) is 0.232. The van der Waals surface area contributed by atoms with Gasteiger partial charge in [-0.2, -0.15) is 0 Å². The van der Waals surface area contributed by atoms with Crippen molar-refractivity contribution in [1.82, 2.24) is 4.90 Å². The van der Waals surface area contributed by atoms with Gasteiger partial charge < -0.3 is 19.7 Å². The zero-order chi connectivity index (χ0) is 19.3. The summed E-state index contributed by atoms with van der Waals surface area (Å²) < 4.78 is 10.9. The van der Waals surface area contributed by atoms with E-state index in [9.17, 15) is 9.59 Å². The minimum absolute atomic E-state index is 0.0861. The average molecular weight is 383 g/mol. The van der Waals surface area contributed by atoms with Gasteiger partial charge >= 0.3 is 6.09 Å². The number of likely N-dealkylation sites (tertiary alicyclic amines) is 1. The van der Waals surface area contributed by atoms with Crippen molar-refractivity contribution >= 4 is 29.3 Å². The maximum absolute atomic E-state index is 12.6. The molecule has 2 amide bonds. The monoisotopic (exact) mass is 382 g/mol. The van der Waals surface area contributed by atoms with Gasteiger partial charge in [0.25, 0.3) is 0 Å². The molecule has 6 nitrogen and oxygen atoms in total. The van der Waals surface area contributed by atoms with Crippen molar-refractivity contribution in [2.75, 3.05) is 25.0 Å². The molecule has 0 spiro atoms. The van der Waals surface area contributed by atoms with Gasteiger partial charge in [0, 0.05) is 19.0 Å². The van der Waals surface area contributed by atoms with Gasteiger partial charge in [0.2, 0.25) is 5.91 Å². The normalized spacial score (nSPS) is 15.5. The number of carbonyl (C=O) groups excluding carboxylic acids is 2. The molecule has 2 rings (SSSR count). The molecule has 0 saturated carbocycles. The van der Waals surface area contributed by atoms with Crippen LogP contribution in [0.2, 0.25) is 5.02 Å². The van der Waals surface area contributed by atoms with Gasteiger partial charge in [0.05, 0.1) is 17.3 Å². The Hall–Kier alpha value is -1.95. The van der Waals surface area contributed by atoms with Crippen LogP contribution in [0.3, 0.4) is 0 Å². The summed E-state index contributed by atoms with van der Waals surface area (Å²) in [7, 11) is 0. The van der Waals surface area contributed by atoms with Gasteiger partial charge in [-0.15, -0.1) is 0 Å². The smallest absolute Gasteiger partial charge is 0.410 e. The van der Waals surface area contributed by atoms with E-state index >= 15 is 0 Å². The van der Waals surface area contributed by atoms with Crippen LogP contribution in [0.25, 0.3) is 0 Å². The molecule has 0 atom stereocenters. The highest BCUT2D eigenvalue weighted by molar-refractivity contribution is 6.32. The Morgan fingerprint density at radius 2 is 1.92 bits per heavy atom. The van der Waals surface area contributed by atoms with Gasteiger partial charge in [0.15, 0.2) is 5.75 Å². The molecule has 0 aliphatic carbocycles. The first-order chi connectivity index (χ1) is 12.2. The molecule has 26 heavy (non-hydrogen) atoms. The molecule has 1 saturated heterocycles. The van der Waals surface area contributed by atoms with E-state index in [2.05, 4.69) is 5.32 Å². The van der Waals surface area contributed by atoms with Crippen LogP contribution in [0.1, 0.15) is 40.5 Å². The molecule has 0 unspecified atom stereocenters. The molecule has 1 aliphatic heterocycles. The Balaban J connectivity index is 1.93. The Morgan fingerprint density at radius 3 is 2.50 bits per heavy atom. The van der Waals surface area contributed by atoms with Gasteiger partial charge in [-0.1, -0.05) is 17.7 Å². The lowest BCUT2D eigenvalue weighted by molar-refractivity contribution is -0.121. The molecular weight excluding hydrogens is 356 g/mol. The van der Waals surface area contributed by atoms with Crippen LogP contribution < -0.4 is 10.1 Å². The van der Waals surface area contributed by atoms with Gasteiger partial charge in [0.1, 0.15) is 5.60 Å². The minimum Gasteiger partial charge on any atom is -0.490 e. The van der Waals surface area contributed by atoms with Crippen LogP contribution in [0.5, 0.6) is 5.75 Å². The molecule has 1 aliphatic rings. The first-order valence-corrected chi connectivity index (χ1v) is 9.29. The third-order valence-electron chi connectivity index (χ3n) is 4.03. The quantitative estimate of drug-likeness (QED) is 0.841. The number of anilines is 1. The maximum atomic E-state index is 12.6. The van der Waals surface area contributed by atoms with Crippen LogP contribution in [-0.4, -0.2) is 42.2 Å². The van der Waals surface area contributed by atoms with E-state index in [0.717, 1.165) is 0 Å². The molecular formula is C19H27ClN2O4. The summed E-state index contributed by atoms with van der Waals surface area (Å²) in [4.78, 5) is 26.4. The fourth-order valence-electron chi connectivity index (χ4n) is 2.78. The zero-order valence-corrected chi connectivity index (χ0v) is 16.6. The molecule has 1 aromatic rings. The second kappa shape index (κ2) is 8.62. The fourth-order valence-corrected chi connectivity index (χ4v) is 3.01. The largest absolute Gasteiger partial charge is 0.490 e. The Bertz CT molecular complexity index is 649. The number of hydrogen-bond donors (Lipinski definition) is 1. The van der Waals surface area contributed by atoms with E-state index in [4.69, 9.17) is 21.1 Å². The number of halogens is 1. The van der Waals surface area contributed by atoms with Crippen LogP contribution >= 0.6 is 11.6 Å². The summed E-state index contributed by atoms with van der Waals surface area (Å²) in [5, 5.41) is 3.37. The van der Waals surface area contributed by atoms with Crippen molar-refractivity contribution in [3.63, 3.8) is 0 Å². The first kappa shape index (κ1) is 20.4. The fraction of sp³-hybridized carbons (Fsp3) is 0.579. The average Bonchev–Trinajstić information content (AvgIpc) is 2.56. The number of benzene rings is 1. The van der Waals surface area contributed by atoms with E-state index in [-0.39, 0.29) is 17.9 Å². The molecule has 0 bridgehead atoms. The molecule has 0 aromatic heterocycles. The number of rotatable bonds is 4. The van der Waals surface area contributed by atoms with Crippen LogP contribution in [0.4, 0.5) is 10.5 Å². The maximum Gasteiger partial charge on any atom is 0.410 e. The molecule has 0 radical (unpaired) electrons. The number of nitrogens with one attached hydrogen (secondary N) is 1. The minimum atomic E-state index is -0.520. The number of piperidine rings is 1. The molecule has 7 heteroatoms. The third kappa shape index (κ3) is 5.53. The molecule has 1 heterocycles. The highest BCUT2D eigenvalue weighted by atomic mass is 35.5. The molecule has 1 fully saturated rings. The van der Waals surface area contributed by atoms with Gasteiger partial charge in [-0.25, -0.2) is 4.79 Å². The summed E-state index contributed by atoms with van der Waals surface area (Å²) >= 11 is 6.15. The van der Waals surface area contributed by atoms with E-state index in [1.54, 1.807) is 23.1 Å². The predicted molar refractivity (Wildman–Crippen MR) is 102 cm³/mol. The highest BCUT2D eigenvalue weighted by Gasteiger charge is 2.30. The number of carbonyl (C=O) groups is 2. The van der Waals surface area contributed by atoms with Gasteiger partial charge in [-0.3, -0.25) is 4.79 Å². The van der Waals surface area contributed by atoms with E-state index < -0.39 is 5.60 Å². The Morgan fingerprint density at radius 1 is 1.27 bits per heavy atom. The van der Waals surface area contributed by atoms with Crippen molar-refractivity contribution in [3.8, 4) is 5.75 Å². The Kier molecular flexibility index (Phi) is 6.75.